The summed E-state index contributed by atoms with van der Waals surface area (Å²) in [7, 11) is 0. The molecule has 106 valence electrons. The highest BCUT2D eigenvalue weighted by Crippen LogP contribution is 2.33. The number of aromatic nitrogens is 1. The van der Waals surface area contributed by atoms with Crippen molar-refractivity contribution in [2.24, 2.45) is 5.84 Å². The summed E-state index contributed by atoms with van der Waals surface area (Å²) >= 11 is 12.0. The minimum absolute atomic E-state index is 0.255. The van der Waals surface area contributed by atoms with Crippen molar-refractivity contribution in [3.63, 3.8) is 0 Å². The molecule has 0 spiro atoms. The van der Waals surface area contributed by atoms with E-state index in [2.05, 4.69) is 24.3 Å². The lowest BCUT2D eigenvalue weighted by molar-refractivity contribution is 0.463. The number of halogens is 2. The van der Waals surface area contributed by atoms with Crippen LogP contribution in [0, 0.1) is 0 Å². The van der Waals surface area contributed by atoms with E-state index in [-0.39, 0.29) is 5.88 Å². The van der Waals surface area contributed by atoms with E-state index >= 15 is 0 Å². The number of hydrazine groups is 1. The van der Waals surface area contributed by atoms with Crippen molar-refractivity contribution >= 4 is 29.0 Å². The van der Waals surface area contributed by atoms with Crippen molar-refractivity contribution in [3.8, 4) is 11.6 Å². The van der Waals surface area contributed by atoms with Crippen molar-refractivity contribution < 1.29 is 4.74 Å². The predicted molar refractivity (Wildman–Crippen MR) is 82.7 cm³/mol. The van der Waals surface area contributed by atoms with Gasteiger partial charge >= 0.3 is 0 Å². The molecule has 0 atom stereocenters. The Kier molecular flexibility index (Phi) is 4.70. The predicted octanol–water partition coefficient (Wildman–Crippen LogP) is 4.59. The third-order valence-electron chi connectivity index (χ3n) is 2.77. The lowest BCUT2D eigenvalue weighted by atomic mass is 10.0. The Bertz CT molecular complexity index is 617. The molecule has 0 unspecified atom stereocenters. The van der Waals surface area contributed by atoms with Crippen LogP contribution in [0.3, 0.4) is 0 Å². The van der Waals surface area contributed by atoms with Gasteiger partial charge in [0.1, 0.15) is 10.8 Å². The lowest BCUT2D eigenvalue weighted by Gasteiger charge is -2.11. The van der Waals surface area contributed by atoms with E-state index in [1.165, 1.54) is 11.6 Å². The number of anilines is 1. The van der Waals surface area contributed by atoms with E-state index in [1.54, 1.807) is 0 Å². The number of hydrogen-bond donors (Lipinski definition) is 2. The van der Waals surface area contributed by atoms with Gasteiger partial charge in [-0.2, -0.15) is 4.98 Å². The fourth-order valence-electron chi connectivity index (χ4n) is 1.67. The Labute approximate surface area is 127 Å². The number of nitrogen functional groups attached to an aromatic ring is 1. The largest absolute Gasteiger partial charge is 0.437 e. The summed E-state index contributed by atoms with van der Waals surface area (Å²) in [5.41, 5.74) is 3.57. The van der Waals surface area contributed by atoms with E-state index in [9.17, 15) is 0 Å². The summed E-state index contributed by atoms with van der Waals surface area (Å²) in [4.78, 5) is 4.14. The van der Waals surface area contributed by atoms with E-state index in [4.69, 9.17) is 33.8 Å². The summed E-state index contributed by atoms with van der Waals surface area (Å²) in [6.45, 7) is 4.23. The maximum Gasteiger partial charge on any atom is 0.240 e. The molecule has 0 bridgehead atoms. The molecular formula is C14H15Cl2N3O. The molecule has 4 nitrogen and oxygen atoms in total. The van der Waals surface area contributed by atoms with E-state index in [0.29, 0.717) is 27.5 Å². The minimum Gasteiger partial charge on any atom is -0.437 e. The zero-order valence-corrected chi connectivity index (χ0v) is 12.7. The quantitative estimate of drug-likeness (QED) is 0.640. The molecule has 2 rings (SSSR count). The number of nitrogens with two attached hydrogens (primary N) is 1. The average molecular weight is 312 g/mol. The van der Waals surface area contributed by atoms with Crippen LogP contribution in [0.2, 0.25) is 10.0 Å². The summed E-state index contributed by atoms with van der Waals surface area (Å²) in [5, 5.41) is 0.657. The van der Waals surface area contributed by atoms with Crippen LogP contribution in [0.1, 0.15) is 25.3 Å². The SMILES string of the molecule is CC(C)c1cccc(Oc2nc(NN)c(Cl)cc2Cl)c1. The Morgan fingerprint density at radius 3 is 2.60 bits per heavy atom. The number of nitrogens with one attached hydrogen (secondary N) is 1. The molecule has 0 saturated carbocycles. The van der Waals surface area contributed by atoms with Gasteiger partial charge in [0.2, 0.25) is 5.88 Å². The van der Waals surface area contributed by atoms with E-state index < -0.39 is 0 Å². The van der Waals surface area contributed by atoms with Gasteiger partial charge in [0.25, 0.3) is 0 Å². The van der Waals surface area contributed by atoms with Gasteiger partial charge in [-0.1, -0.05) is 49.2 Å². The summed E-state index contributed by atoms with van der Waals surface area (Å²) in [6, 6.07) is 9.30. The van der Waals surface area contributed by atoms with Gasteiger partial charge < -0.3 is 10.2 Å². The van der Waals surface area contributed by atoms with Crippen molar-refractivity contribution in [2.45, 2.75) is 19.8 Å². The molecular weight excluding hydrogens is 297 g/mol. The Morgan fingerprint density at radius 2 is 1.95 bits per heavy atom. The van der Waals surface area contributed by atoms with Crippen LogP contribution in [0.5, 0.6) is 11.6 Å². The topological polar surface area (TPSA) is 60.2 Å². The maximum absolute atomic E-state index is 6.07. The van der Waals surface area contributed by atoms with Crippen LogP contribution >= 0.6 is 23.2 Å². The molecule has 20 heavy (non-hydrogen) atoms. The number of ether oxygens (including phenoxy) is 1. The van der Waals surface area contributed by atoms with E-state index in [0.717, 1.165) is 0 Å². The van der Waals surface area contributed by atoms with Gasteiger partial charge in [-0.25, -0.2) is 5.84 Å². The van der Waals surface area contributed by atoms with Crippen LogP contribution in [-0.2, 0) is 0 Å². The molecule has 0 radical (unpaired) electrons. The van der Waals surface area contributed by atoms with Gasteiger partial charge in [0.05, 0.1) is 5.02 Å². The highest BCUT2D eigenvalue weighted by Gasteiger charge is 2.11. The van der Waals surface area contributed by atoms with Crippen molar-refractivity contribution in [2.75, 3.05) is 5.43 Å². The Hall–Kier alpha value is -1.49. The maximum atomic E-state index is 6.07. The number of rotatable bonds is 4. The van der Waals surface area contributed by atoms with Crippen LogP contribution in [0.15, 0.2) is 30.3 Å². The second-order valence-electron chi connectivity index (χ2n) is 4.58. The van der Waals surface area contributed by atoms with Crippen molar-refractivity contribution in [1.29, 1.82) is 0 Å². The highest BCUT2D eigenvalue weighted by molar-refractivity contribution is 6.36. The molecule has 0 aliphatic rings. The minimum atomic E-state index is 0.255. The average Bonchev–Trinajstić information content (AvgIpc) is 2.42. The normalized spacial score (nSPS) is 10.7. The second kappa shape index (κ2) is 6.31. The van der Waals surface area contributed by atoms with Gasteiger partial charge in [-0.05, 0) is 29.7 Å². The Morgan fingerprint density at radius 1 is 1.20 bits per heavy atom. The molecule has 0 fully saturated rings. The molecule has 3 N–H and O–H groups in total. The van der Waals surface area contributed by atoms with Crippen LogP contribution < -0.4 is 16.0 Å². The zero-order chi connectivity index (χ0) is 14.7. The molecule has 0 saturated heterocycles. The molecule has 1 aromatic heterocycles. The molecule has 1 heterocycles. The smallest absolute Gasteiger partial charge is 0.240 e. The third-order valence-corrected chi connectivity index (χ3v) is 3.33. The fraction of sp³-hybridized carbons (Fsp3) is 0.214. The monoisotopic (exact) mass is 311 g/mol. The molecule has 6 heteroatoms. The molecule has 1 aromatic carbocycles. The summed E-state index contributed by atoms with van der Waals surface area (Å²) in [5.74, 6) is 6.97. The van der Waals surface area contributed by atoms with Gasteiger partial charge in [-0.15, -0.1) is 0 Å². The number of hydrogen-bond acceptors (Lipinski definition) is 4. The number of nitrogens with zero attached hydrogens (tertiary/aromatic N) is 1. The summed E-state index contributed by atoms with van der Waals surface area (Å²) in [6.07, 6.45) is 0. The Balaban J connectivity index is 2.32. The molecule has 0 amide bonds. The van der Waals surface area contributed by atoms with Gasteiger partial charge in [-0.3, -0.25) is 0 Å². The van der Waals surface area contributed by atoms with Gasteiger partial charge in [0, 0.05) is 0 Å². The first kappa shape index (κ1) is 14.9. The zero-order valence-electron chi connectivity index (χ0n) is 11.2. The van der Waals surface area contributed by atoms with Gasteiger partial charge in [0.15, 0.2) is 5.82 Å². The van der Waals surface area contributed by atoms with Crippen molar-refractivity contribution in [1.82, 2.24) is 4.98 Å². The van der Waals surface area contributed by atoms with Crippen LogP contribution in [-0.4, -0.2) is 4.98 Å². The van der Waals surface area contributed by atoms with Crippen LogP contribution in [0.4, 0.5) is 5.82 Å². The van der Waals surface area contributed by atoms with E-state index in [1.807, 2.05) is 24.3 Å². The van der Waals surface area contributed by atoms with Crippen LogP contribution in [0.25, 0.3) is 0 Å². The molecule has 0 aliphatic carbocycles. The first-order chi connectivity index (χ1) is 9.51. The number of pyridine rings is 1. The first-order valence-corrected chi connectivity index (χ1v) is 6.87. The standard InChI is InChI=1S/C14H15Cl2N3O/c1-8(2)9-4-3-5-10(6-9)20-14-12(16)7-11(15)13(18-14)19-17/h3-8H,17H2,1-2H3,(H,18,19). The second-order valence-corrected chi connectivity index (χ2v) is 5.39. The fourth-order valence-corrected chi connectivity index (χ4v) is 2.12. The first-order valence-electron chi connectivity index (χ1n) is 6.11. The highest BCUT2D eigenvalue weighted by atomic mass is 35.5. The summed E-state index contributed by atoms with van der Waals surface area (Å²) < 4.78 is 5.70. The molecule has 2 aromatic rings. The third kappa shape index (κ3) is 3.33. The van der Waals surface area contributed by atoms with Crippen molar-refractivity contribution in [3.05, 3.63) is 45.9 Å². The molecule has 0 aliphatic heterocycles. The lowest BCUT2D eigenvalue weighted by Crippen LogP contribution is -2.09. The number of benzene rings is 1.